The summed E-state index contributed by atoms with van der Waals surface area (Å²) in [7, 11) is 0. The summed E-state index contributed by atoms with van der Waals surface area (Å²) in [6, 6.07) is 16.1. The number of para-hydroxylation sites is 1. The molecular weight excluding hydrogens is 393 g/mol. The van der Waals surface area contributed by atoms with Crippen LogP contribution < -0.4 is 10.2 Å². The van der Waals surface area contributed by atoms with Crippen molar-refractivity contribution in [3.63, 3.8) is 0 Å². The number of nitrogens with one attached hydrogen (secondary N) is 2. The van der Waals surface area contributed by atoms with E-state index in [2.05, 4.69) is 37.3 Å². The number of halogens is 1. The van der Waals surface area contributed by atoms with Crippen molar-refractivity contribution in [1.29, 1.82) is 0 Å². The number of alkyl halides is 1. The molecule has 31 heavy (non-hydrogen) atoms. The average molecular weight is 420 g/mol. The van der Waals surface area contributed by atoms with Crippen molar-refractivity contribution in [2.24, 2.45) is 9.98 Å². The van der Waals surface area contributed by atoms with Gasteiger partial charge in [-0.2, -0.15) is 0 Å². The Labute approximate surface area is 180 Å². The fourth-order valence-electron chi connectivity index (χ4n) is 4.23. The standard InChI is InChI=1S/C24H26FN5O/c1-16-21(19-5-3-4-6-20(19)27-16)22-24(2,25)15-26-23(29-22)28-17-7-9-18(10-8-17)30-11-13-31-14-12-30/h3-10,27H,11-15H2,1-2H3,(H,26,28). The molecule has 2 aliphatic heterocycles. The van der Waals surface area contributed by atoms with Crippen LogP contribution in [0.4, 0.5) is 15.8 Å². The number of ether oxygens (including phenoxy) is 1. The van der Waals surface area contributed by atoms with E-state index in [-0.39, 0.29) is 6.54 Å². The molecule has 1 unspecified atom stereocenters. The quantitative estimate of drug-likeness (QED) is 0.665. The Kier molecular flexibility index (Phi) is 4.98. The molecule has 160 valence electrons. The van der Waals surface area contributed by atoms with Crippen molar-refractivity contribution < 1.29 is 9.13 Å². The van der Waals surface area contributed by atoms with Crippen LogP contribution in [0.25, 0.3) is 10.9 Å². The largest absolute Gasteiger partial charge is 0.378 e. The average Bonchev–Trinajstić information content (AvgIpc) is 3.11. The first kappa shape index (κ1) is 19.8. The van der Waals surface area contributed by atoms with Gasteiger partial charge in [0, 0.05) is 46.6 Å². The number of guanidine groups is 1. The zero-order valence-corrected chi connectivity index (χ0v) is 17.8. The minimum absolute atomic E-state index is 0.0268. The number of aromatic amines is 1. The van der Waals surface area contributed by atoms with Crippen LogP contribution in [0.2, 0.25) is 0 Å². The highest BCUT2D eigenvalue weighted by atomic mass is 19.1. The Bertz CT molecular complexity index is 1160. The second-order valence-electron chi connectivity index (χ2n) is 8.24. The van der Waals surface area contributed by atoms with Crippen LogP contribution in [0.15, 0.2) is 58.5 Å². The SMILES string of the molecule is Cc1[nH]c2ccccc2c1C1=NC(Nc2ccc(N3CCOCC3)cc2)=NCC1(C)F. The number of fused-ring (bicyclic) bond motifs is 1. The fourth-order valence-corrected chi connectivity index (χ4v) is 4.23. The molecular formula is C24H26FN5O. The number of aromatic nitrogens is 1. The number of nitrogens with zero attached hydrogens (tertiary/aromatic N) is 3. The van der Waals surface area contributed by atoms with E-state index in [9.17, 15) is 0 Å². The smallest absolute Gasteiger partial charge is 0.222 e. The predicted octanol–water partition coefficient (Wildman–Crippen LogP) is 4.31. The summed E-state index contributed by atoms with van der Waals surface area (Å²) >= 11 is 0. The second-order valence-corrected chi connectivity index (χ2v) is 8.24. The number of rotatable bonds is 3. The molecule has 1 aromatic heterocycles. The van der Waals surface area contributed by atoms with E-state index in [1.807, 2.05) is 43.3 Å². The number of anilines is 2. The molecule has 1 fully saturated rings. The lowest BCUT2D eigenvalue weighted by Gasteiger charge is -2.29. The molecule has 1 saturated heterocycles. The third-order valence-corrected chi connectivity index (χ3v) is 5.87. The summed E-state index contributed by atoms with van der Waals surface area (Å²) in [6.45, 7) is 6.83. The zero-order chi connectivity index (χ0) is 21.4. The molecule has 3 heterocycles. The molecule has 0 amide bonds. The van der Waals surface area contributed by atoms with E-state index in [1.54, 1.807) is 6.92 Å². The number of hydrogen-bond donors (Lipinski definition) is 2. The molecule has 7 heteroatoms. The molecule has 2 N–H and O–H groups in total. The Morgan fingerprint density at radius 3 is 2.61 bits per heavy atom. The van der Waals surface area contributed by atoms with Crippen molar-refractivity contribution in [1.82, 2.24) is 4.98 Å². The van der Waals surface area contributed by atoms with Gasteiger partial charge >= 0.3 is 0 Å². The first-order valence-electron chi connectivity index (χ1n) is 10.6. The first-order valence-corrected chi connectivity index (χ1v) is 10.6. The number of hydrogen-bond acceptors (Lipinski definition) is 5. The summed E-state index contributed by atoms with van der Waals surface area (Å²) in [5.74, 6) is 0.425. The number of benzene rings is 2. The van der Waals surface area contributed by atoms with Gasteiger partial charge in [-0.25, -0.2) is 14.4 Å². The maximum Gasteiger partial charge on any atom is 0.222 e. The number of aliphatic imine (C=N–C) groups is 2. The molecule has 0 bridgehead atoms. The van der Waals surface area contributed by atoms with E-state index in [4.69, 9.17) is 4.74 Å². The van der Waals surface area contributed by atoms with Crippen LogP contribution in [-0.4, -0.2) is 55.2 Å². The van der Waals surface area contributed by atoms with Crippen molar-refractivity contribution in [3.05, 3.63) is 59.8 Å². The molecule has 2 aromatic carbocycles. The Morgan fingerprint density at radius 2 is 1.84 bits per heavy atom. The fraction of sp³-hybridized carbons (Fsp3) is 0.333. The molecule has 2 aliphatic rings. The van der Waals surface area contributed by atoms with Crippen LogP contribution in [0.5, 0.6) is 0 Å². The van der Waals surface area contributed by atoms with E-state index >= 15 is 4.39 Å². The normalized spacial score (nSPS) is 21.7. The monoisotopic (exact) mass is 419 g/mol. The van der Waals surface area contributed by atoms with Gasteiger partial charge in [-0.05, 0) is 44.2 Å². The van der Waals surface area contributed by atoms with Crippen molar-refractivity contribution in [2.45, 2.75) is 19.5 Å². The van der Waals surface area contributed by atoms with Gasteiger partial charge in [-0.15, -0.1) is 0 Å². The summed E-state index contributed by atoms with van der Waals surface area (Å²) in [4.78, 5) is 14.6. The molecule has 0 aliphatic carbocycles. The Balaban J connectivity index is 1.42. The highest BCUT2D eigenvalue weighted by Crippen LogP contribution is 2.30. The summed E-state index contributed by atoms with van der Waals surface area (Å²) in [5.41, 5.74) is 3.50. The molecule has 1 atom stereocenters. The minimum atomic E-state index is -1.64. The lowest BCUT2D eigenvalue weighted by molar-refractivity contribution is 0.122. The van der Waals surface area contributed by atoms with Gasteiger partial charge in [0.1, 0.15) is 0 Å². The van der Waals surface area contributed by atoms with Crippen LogP contribution in [0.1, 0.15) is 18.2 Å². The van der Waals surface area contributed by atoms with Crippen molar-refractivity contribution >= 4 is 33.9 Å². The van der Waals surface area contributed by atoms with Gasteiger partial charge in [-0.1, -0.05) is 18.2 Å². The summed E-state index contributed by atoms with van der Waals surface area (Å²) in [6.07, 6.45) is 0. The summed E-state index contributed by atoms with van der Waals surface area (Å²) < 4.78 is 20.9. The van der Waals surface area contributed by atoms with Crippen molar-refractivity contribution in [3.8, 4) is 0 Å². The lowest BCUT2D eigenvalue weighted by Crippen LogP contribution is -2.39. The van der Waals surface area contributed by atoms with Gasteiger partial charge in [0.25, 0.3) is 0 Å². The zero-order valence-electron chi connectivity index (χ0n) is 17.8. The van der Waals surface area contributed by atoms with E-state index in [0.717, 1.165) is 59.8 Å². The van der Waals surface area contributed by atoms with Gasteiger partial charge in [-0.3, -0.25) is 0 Å². The van der Waals surface area contributed by atoms with Gasteiger partial charge in [0.15, 0.2) is 5.67 Å². The van der Waals surface area contributed by atoms with Gasteiger partial charge in [0.05, 0.1) is 25.5 Å². The maximum atomic E-state index is 15.5. The van der Waals surface area contributed by atoms with E-state index < -0.39 is 5.67 Å². The molecule has 0 spiro atoms. The topological polar surface area (TPSA) is 65.0 Å². The minimum Gasteiger partial charge on any atom is -0.378 e. The third kappa shape index (κ3) is 3.81. The van der Waals surface area contributed by atoms with Crippen LogP contribution in [0, 0.1) is 6.92 Å². The summed E-state index contributed by atoms with van der Waals surface area (Å²) in [5, 5.41) is 4.22. The number of morpholine rings is 1. The lowest BCUT2D eigenvalue weighted by atomic mass is 9.92. The number of H-pyrrole nitrogens is 1. The van der Waals surface area contributed by atoms with Crippen LogP contribution >= 0.6 is 0 Å². The van der Waals surface area contributed by atoms with Crippen LogP contribution in [-0.2, 0) is 4.74 Å². The molecule has 5 rings (SSSR count). The second kappa shape index (κ2) is 7.81. The third-order valence-electron chi connectivity index (χ3n) is 5.87. The van der Waals surface area contributed by atoms with E-state index in [1.165, 1.54) is 0 Å². The maximum absolute atomic E-state index is 15.5. The number of aryl methyl sites for hydroxylation is 1. The molecule has 0 radical (unpaired) electrons. The Morgan fingerprint density at radius 1 is 1.10 bits per heavy atom. The molecule has 6 nitrogen and oxygen atoms in total. The van der Waals surface area contributed by atoms with E-state index in [0.29, 0.717) is 11.7 Å². The van der Waals surface area contributed by atoms with Gasteiger partial charge in [0.2, 0.25) is 5.96 Å². The first-order chi connectivity index (χ1) is 15.0. The predicted molar refractivity (Wildman–Crippen MR) is 124 cm³/mol. The highest BCUT2D eigenvalue weighted by molar-refractivity contribution is 6.21. The van der Waals surface area contributed by atoms with Crippen LogP contribution in [0.3, 0.4) is 0 Å². The van der Waals surface area contributed by atoms with Gasteiger partial charge < -0.3 is 19.9 Å². The molecule has 3 aromatic rings. The Hall–Kier alpha value is -3.19. The highest BCUT2D eigenvalue weighted by Gasteiger charge is 2.37. The van der Waals surface area contributed by atoms with Crippen molar-refractivity contribution in [2.75, 3.05) is 43.1 Å². The molecule has 0 saturated carbocycles.